The van der Waals surface area contributed by atoms with Gasteiger partial charge in [0.05, 0.1) is 10.9 Å². The van der Waals surface area contributed by atoms with Gasteiger partial charge in [0.1, 0.15) is 11.2 Å². The summed E-state index contributed by atoms with van der Waals surface area (Å²) in [5, 5.41) is 4.95. The SMILES string of the molecule is CC1(C)c2cc3[nH]c4c(ccc5oc6ccccc6c54)c3cc2C(C)(C)C1(C)C. The second-order valence-corrected chi connectivity index (χ2v) is 10.4. The smallest absolute Gasteiger partial charge is 0.137 e. The molecule has 0 atom stereocenters. The highest BCUT2D eigenvalue weighted by Gasteiger charge is 2.56. The maximum atomic E-state index is 6.11. The molecule has 0 spiro atoms. The van der Waals surface area contributed by atoms with Crippen LogP contribution in [0.2, 0.25) is 0 Å². The van der Waals surface area contributed by atoms with E-state index in [0.717, 1.165) is 11.2 Å². The summed E-state index contributed by atoms with van der Waals surface area (Å²) in [6, 6.07) is 17.5. The first-order chi connectivity index (χ1) is 13.6. The molecule has 2 heteroatoms. The molecule has 0 amide bonds. The van der Waals surface area contributed by atoms with Crippen LogP contribution in [0.1, 0.15) is 52.7 Å². The van der Waals surface area contributed by atoms with E-state index >= 15 is 0 Å². The lowest BCUT2D eigenvalue weighted by Crippen LogP contribution is -2.42. The fraction of sp³-hybridized carbons (Fsp3) is 0.333. The van der Waals surface area contributed by atoms with Crippen molar-refractivity contribution in [3.63, 3.8) is 0 Å². The highest BCUT2D eigenvalue weighted by molar-refractivity contribution is 6.23. The van der Waals surface area contributed by atoms with Gasteiger partial charge in [-0.3, -0.25) is 0 Å². The molecule has 0 bridgehead atoms. The van der Waals surface area contributed by atoms with Crippen molar-refractivity contribution in [3.8, 4) is 0 Å². The van der Waals surface area contributed by atoms with Crippen molar-refractivity contribution in [1.29, 1.82) is 0 Å². The predicted molar refractivity (Wildman–Crippen MR) is 123 cm³/mol. The Balaban J connectivity index is 1.77. The van der Waals surface area contributed by atoms with Gasteiger partial charge in [0.25, 0.3) is 0 Å². The molecule has 2 nitrogen and oxygen atoms in total. The molecule has 5 aromatic rings. The van der Waals surface area contributed by atoms with E-state index < -0.39 is 0 Å². The number of aromatic amines is 1. The molecule has 0 saturated carbocycles. The van der Waals surface area contributed by atoms with Crippen LogP contribution in [0.25, 0.3) is 43.7 Å². The molecule has 0 fully saturated rings. The first kappa shape index (κ1) is 17.1. The van der Waals surface area contributed by atoms with Crippen LogP contribution in [0.15, 0.2) is 52.9 Å². The summed E-state index contributed by atoms with van der Waals surface area (Å²) in [5.41, 5.74) is 7.63. The number of para-hydroxylation sites is 1. The third-order valence-electron chi connectivity index (χ3n) is 8.72. The summed E-state index contributed by atoms with van der Waals surface area (Å²) < 4.78 is 6.11. The third kappa shape index (κ3) is 1.79. The average Bonchev–Trinajstić information content (AvgIpc) is 3.26. The number of hydrogen-bond donors (Lipinski definition) is 1. The number of hydrogen-bond acceptors (Lipinski definition) is 1. The lowest BCUT2D eigenvalue weighted by molar-refractivity contribution is 0.125. The normalized spacial score (nSPS) is 19.5. The minimum atomic E-state index is 0.106. The van der Waals surface area contributed by atoms with Gasteiger partial charge in [-0.15, -0.1) is 0 Å². The zero-order valence-electron chi connectivity index (χ0n) is 18.0. The molecule has 146 valence electrons. The van der Waals surface area contributed by atoms with E-state index in [1.807, 2.05) is 12.1 Å². The molecule has 0 aliphatic heterocycles. The fourth-order valence-electron chi connectivity index (χ4n) is 5.72. The van der Waals surface area contributed by atoms with Crippen molar-refractivity contribution in [3.05, 3.63) is 59.7 Å². The topological polar surface area (TPSA) is 28.9 Å². The number of H-pyrrole nitrogens is 1. The molecular formula is C27H27NO. The van der Waals surface area contributed by atoms with Gasteiger partial charge in [-0.1, -0.05) is 59.7 Å². The average molecular weight is 382 g/mol. The van der Waals surface area contributed by atoms with Crippen molar-refractivity contribution < 1.29 is 4.42 Å². The minimum Gasteiger partial charge on any atom is -0.456 e. The molecule has 0 unspecified atom stereocenters. The van der Waals surface area contributed by atoms with Gasteiger partial charge in [-0.05, 0) is 57.7 Å². The summed E-state index contributed by atoms with van der Waals surface area (Å²) in [4.78, 5) is 3.76. The monoisotopic (exact) mass is 381 g/mol. The number of nitrogens with one attached hydrogen (secondary N) is 1. The third-order valence-corrected chi connectivity index (χ3v) is 8.72. The molecule has 1 aliphatic rings. The van der Waals surface area contributed by atoms with E-state index in [2.05, 4.69) is 82.9 Å². The van der Waals surface area contributed by atoms with Gasteiger partial charge >= 0.3 is 0 Å². The number of fused-ring (bicyclic) bond motifs is 8. The van der Waals surface area contributed by atoms with Crippen LogP contribution in [-0.4, -0.2) is 4.98 Å². The van der Waals surface area contributed by atoms with Gasteiger partial charge in [-0.25, -0.2) is 0 Å². The molecule has 0 radical (unpaired) electrons. The fourth-order valence-corrected chi connectivity index (χ4v) is 5.72. The van der Waals surface area contributed by atoms with E-state index in [-0.39, 0.29) is 16.2 Å². The molecule has 29 heavy (non-hydrogen) atoms. The first-order valence-corrected chi connectivity index (χ1v) is 10.6. The molecule has 3 aromatic carbocycles. The number of rotatable bonds is 0. The highest BCUT2D eigenvalue weighted by Crippen LogP contribution is 2.62. The van der Waals surface area contributed by atoms with E-state index in [9.17, 15) is 0 Å². The second-order valence-electron chi connectivity index (χ2n) is 10.4. The Hall–Kier alpha value is -2.74. The van der Waals surface area contributed by atoms with Gasteiger partial charge in [0.15, 0.2) is 0 Å². The quantitative estimate of drug-likeness (QED) is 0.291. The Labute approximate surface area is 170 Å². The molecule has 2 aromatic heterocycles. The molecule has 1 N–H and O–H groups in total. The Morgan fingerprint density at radius 1 is 0.690 bits per heavy atom. The largest absolute Gasteiger partial charge is 0.456 e. The maximum absolute atomic E-state index is 6.11. The van der Waals surface area contributed by atoms with Gasteiger partial charge in [0.2, 0.25) is 0 Å². The van der Waals surface area contributed by atoms with Crippen molar-refractivity contribution in [2.45, 2.75) is 52.4 Å². The van der Waals surface area contributed by atoms with Crippen LogP contribution in [0.5, 0.6) is 0 Å². The Kier molecular flexibility index (Phi) is 2.88. The van der Waals surface area contributed by atoms with E-state index in [1.165, 1.54) is 43.7 Å². The van der Waals surface area contributed by atoms with Crippen molar-refractivity contribution in [1.82, 2.24) is 4.98 Å². The molecule has 1 aliphatic carbocycles. The molecule has 0 saturated heterocycles. The molecular weight excluding hydrogens is 354 g/mol. The minimum absolute atomic E-state index is 0.106. The van der Waals surface area contributed by atoms with E-state index in [1.54, 1.807) is 0 Å². The van der Waals surface area contributed by atoms with Crippen molar-refractivity contribution in [2.24, 2.45) is 5.41 Å². The number of furan rings is 1. The highest BCUT2D eigenvalue weighted by atomic mass is 16.3. The van der Waals surface area contributed by atoms with Crippen LogP contribution in [0.3, 0.4) is 0 Å². The van der Waals surface area contributed by atoms with Gasteiger partial charge in [0, 0.05) is 21.7 Å². The molecule has 6 rings (SSSR count). The maximum Gasteiger partial charge on any atom is 0.137 e. The van der Waals surface area contributed by atoms with Crippen LogP contribution in [0.4, 0.5) is 0 Å². The second kappa shape index (κ2) is 4.87. The van der Waals surface area contributed by atoms with E-state index in [4.69, 9.17) is 4.42 Å². The van der Waals surface area contributed by atoms with Gasteiger partial charge < -0.3 is 9.40 Å². The predicted octanol–water partition coefficient (Wildman–Crippen LogP) is 7.82. The lowest BCUT2D eigenvalue weighted by Gasteiger charge is -2.44. The standard InChI is InChI=1S/C27H27NO/c1-25(2)18-13-17-15-11-12-22-23(16-9-7-8-10-21(16)29-22)24(15)28-20(17)14-19(18)26(3,4)27(25,5)6/h7-14,28H,1-6H3. The first-order valence-electron chi connectivity index (χ1n) is 10.6. The van der Waals surface area contributed by atoms with Crippen molar-refractivity contribution >= 4 is 43.7 Å². The summed E-state index contributed by atoms with van der Waals surface area (Å²) in [6.45, 7) is 14.4. The summed E-state index contributed by atoms with van der Waals surface area (Å²) >= 11 is 0. The van der Waals surface area contributed by atoms with Gasteiger partial charge in [-0.2, -0.15) is 0 Å². The molecule has 2 heterocycles. The zero-order chi connectivity index (χ0) is 20.3. The van der Waals surface area contributed by atoms with Crippen LogP contribution in [-0.2, 0) is 10.8 Å². The Morgan fingerprint density at radius 2 is 1.38 bits per heavy atom. The summed E-state index contributed by atoms with van der Waals surface area (Å²) in [6.07, 6.45) is 0. The summed E-state index contributed by atoms with van der Waals surface area (Å²) in [5.74, 6) is 0. The zero-order valence-corrected chi connectivity index (χ0v) is 18.0. The van der Waals surface area contributed by atoms with E-state index in [0.29, 0.717) is 0 Å². The number of benzene rings is 3. The van der Waals surface area contributed by atoms with Crippen molar-refractivity contribution in [2.75, 3.05) is 0 Å². The van der Waals surface area contributed by atoms with Crippen LogP contribution >= 0.6 is 0 Å². The van der Waals surface area contributed by atoms with Crippen LogP contribution in [0, 0.1) is 5.41 Å². The Morgan fingerprint density at radius 3 is 2.14 bits per heavy atom. The number of aromatic nitrogens is 1. The lowest BCUT2D eigenvalue weighted by atomic mass is 9.59. The Bertz CT molecular complexity index is 1470. The van der Waals surface area contributed by atoms with Crippen LogP contribution < -0.4 is 0 Å². The summed E-state index contributed by atoms with van der Waals surface area (Å²) in [7, 11) is 0.